The van der Waals surface area contributed by atoms with Gasteiger partial charge in [-0.2, -0.15) is 0 Å². The molecular formula is C19H32IN3O2. The molecule has 25 heavy (non-hydrogen) atoms. The summed E-state index contributed by atoms with van der Waals surface area (Å²) in [6, 6.07) is 6.02. The fraction of sp³-hybridized carbons (Fsp3) is 0.632. The molecule has 0 radical (unpaired) electrons. The molecule has 0 aromatic heterocycles. The second kappa shape index (κ2) is 11.4. The normalized spacial score (nSPS) is 17.7. The van der Waals surface area contributed by atoms with Crippen molar-refractivity contribution in [3.63, 3.8) is 0 Å². The van der Waals surface area contributed by atoms with E-state index in [0.717, 1.165) is 48.6 Å². The van der Waals surface area contributed by atoms with Crippen LogP contribution in [0.5, 0.6) is 11.5 Å². The third-order valence-electron chi connectivity index (χ3n) is 4.23. The Morgan fingerprint density at radius 3 is 2.76 bits per heavy atom. The lowest BCUT2D eigenvalue weighted by Crippen LogP contribution is -2.46. The van der Waals surface area contributed by atoms with Gasteiger partial charge in [0.2, 0.25) is 0 Å². The zero-order valence-electron chi connectivity index (χ0n) is 15.9. The van der Waals surface area contributed by atoms with E-state index >= 15 is 0 Å². The number of nitrogens with one attached hydrogen (secondary N) is 1. The summed E-state index contributed by atoms with van der Waals surface area (Å²) in [4.78, 5) is 7.21. The molecule has 2 rings (SSSR count). The molecule has 1 aliphatic heterocycles. The van der Waals surface area contributed by atoms with E-state index in [1.54, 1.807) is 7.11 Å². The Morgan fingerprint density at radius 2 is 2.12 bits per heavy atom. The molecule has 1 atom stereocenters. The molecule has 1 heterocycles. The fourth-order valence-electron chi connectivity index (χ4n) is 3.06. The van der Waals surface area contributed by atoms with Gasteiger partial charge in [-0.1, -0.05) is 13.0 Å². The zero-order chi connectivity index (χ0) is 17.4. The maximum absolute atomic E-state index is 5.65. The SMILES string of the molecule is CCNC(=NCc1ccc(OC)c(OCC)c1)N1CCCC(C)C1.I. The minimum absolute atomic E-state index is 0. The summed E-state index contributed by atoms with van der Waals surface area (Å²) < 4.78 is 11.0. The summed E-state index contributed by atoms with van der Waals surface area (Å²) in [5.41, 5.74) is 1.12. The number of piperidine rings is 1. The number of hydrogen-bond donors (Lipinski definition) is 1. The topological polar surface area (TPSA) is 46.1 Å². The molecule has 0 amide bonds. The number of methoxy groups -OCH3 is 1. The van der Waals surface area contributed by atoms with Crippen molar-refractivity contribution in [2.24, 2.45) is 10.9 Å². The van der Waals surface area contributed by atoms with Gasteiger partial charge in [-0.05, 0) is 50.3 Å². The minimum Gasteiger partial charge on any atom is -0.493 e. The summed E-state index contributed by atoms with van der Waals surface area (Å²) in [6.07, 6.45) is 2.55. The Hall–Kier alpha value is -1.18. The zero-order valence-corrected chi connectivity index (χ0v) is 18.2. The van der Waals surface area contributed by atoms with Crippen LogP contribution in [0.4, 0.5) is 0 Å². The molecule has 0 bridgehead atoms. The lowest BCUT2D eigenvalue weighted by molar-refractivity contribution is 0.266. The van der Waals surface area contributed by atoms with Gasteiger partial charge in [0.25, 0.3) is 0 Å². The third-order valence-corrected chi connectivity index (χ3v) is 4.23. The highest BCUT2D eigenvalue weighted by Gasteiger charge is 2.19. The molecule has 1 N–H and O–H groups in total. The molecular weight excluding hydrogens is 429 g/mol. The molecule has 0 spiro atoms. The standard InChI is InChI=1S/C19H31N3O2.HI/c1-5-20-19(22-11-7-8-15(3)14-22)21-13-16-9-10-17(23-4)18(12-16)24-6-2;/h9-10,12,15H,5-8,11,13-14H2,1-4H3,(H,20,21);1H. The van der Waals surface area contributed by atoms with Crippen LogP contribution >= 0.6 is 24.0 Å². The third kappa shape index (κ3) is 6.56. The number of aliphatic imine (C=N–C) groups is 1. The van der Waals surface area contributed by atoms with Gasteiger partial charge in [0.05, 0.1) is 20.3 Å². The van der Waals surface area contributed by atoms with Crippen molar-refractivity contribution >= 4 is 29.9 Å². The predicted molar refractivity (Wildman–Crippen MR) is 114 cm³/mol. The van der Waals surface area contributed by atoms with Crippen molar-refractivity contribution in [3.05, 3.63) is 23.8 Å². The lowest BCUT2D eigenvalue weighted by Gasteiger charge is -2.33. The quantitative estimate of drug-likeness (QED) is 0.397. The van der Waals surface area contributed by atoms with Gasteiger partial charge >= 0.3 is 0 Å². The Morgan fingerprint density at radius 1 is 1.32 bits per heavy atom. The van der Waals surface area contributed by atoms with Crippen LogP contribution in [0.2, 0.25) is 0 Å². The monoisotopic (exact) mass is 461 g/mol. The average Bonchev–Trinajstić information content (AvgIpc) is 2.59. The van der Waals surface area contributed by atoms with Crippen LogP contribution in [0.1, 0.15) is 39.2 Å². The first-order valence-corrected chi connectivity index (χ1v) is 9.00. The van der Waals surface area contributed by atoms with Crippen molar-refractivity contribution < 1.29 is 9.47 Å². The largest absolute Gasteiger partial charge is 0.493 e. The molecule has 142 valence electrons. The second-order valence-corrected chi connectivity index (χ2v) is 6.28. The van der Waals surface area contributed by atoms with E-state index in [-0.39, 0.29) is 24.0 Å². The van der Waals surface area contributed by atoms with E-state index in [1.807, 2.05) is 25.1 Å². The van der Waals surface area contributed by atoms with Crippen LogP contribution in [-0.4, -0.2) is 44.2 Å². The van der Waals surface area contributed by atoms with E-state index < -0.39 is 0 Å². The van der Waals surface area contributed by atoms with Crippen LogP contribution in [0.15, 0.2) is 23.2 Å². The second-order valence-electron chi connectivity index (χ2n) is 6.28. The number of hydrogen-bond acceptors (Lipinski definition) is 3. The molecule has 1 unspecified atom stereocenters. The highest BCUT2D eigenvalue weighted by Crippen LogP contribution is 2.28. The Kier molecular flexibility index (Phi) is 10.0. The first-order valence-electron chi connectivity index (χ1n) is 9.00. The van der Waals surface area contributed by atoms with Crippen LogP contribution in [-0.2, 0) is 6.54 Å². The van der Waals surface area contributed by atoms with Crippen LogP contribution in [0.25, 0.3) is 0 Å². The molecule has 1 aliphatic rings. The van der Waals surface area contributed by atoms with Crippen molar-refractivity contribution in [2.45, 2.75) is 40.2 Å². The number of halogens is 1. The van der Waals surface area contributed by atoms with Gasteiger partial charge < -0.3 is 19.7 Å². The maximum atomic E-state index is 5.65. The first-order chi connectivity index (χ1) is 11.7. The van der Waals surface area contributed by atoms with Crippen LogP contribution < -0.4 is 14.8 Å². The van der Waals surface area contributed by atoms with Crippen LogP contribution in [0, 0.1) is 5.92 Å². The summed E-state index contributed by atoms with van der Waals surface area (Å²) in [5, 5.41) is 3.43. The number of likely N-dealkylation sites (tertiary alicyclic amines) is 1. The Bertz CT molecular complexity index is 551. The smallest absolute Gasteiger partial charge is 0.194 e. The first kappa shape index (κ1) is 21.9. The Labute approximate surface area is 169 Å². The summed E-state index contributed by atoms with van der Waals surface area (Å²) in [7, 11) is 1.66. The maximum Gasteiger partial charge on any atom is 0.194 e. The highest BCUT2D eigenvalue weighted by atomic mass is 127. The number of ether oxygens (including phenoxy) is 2. The molecule has 0 saturated carbocycles. The number of rotatable bonds is 6. The number of nitrogens with zero attached hydrogens (tertiary/aromatic N) is 2. The molecule has 6 heteroatoms. The van der Waals surface area contributed by atoms with Crippen molar-refractivity contribution in [1.29, 1.82) is 0 Å². The molecule has 1 fully saturated rings. The van der Waals surface area contributed by atoms with Crippen LogP contribution in [0.3, 0.4) is 0 Å². The summed E-state index contributed by atoms with van der Waals surface area (Å²) in [6.45, 7) is 10.7. The summed E-state index contributed by atoms with van der Waals surface area (Å²) >= 11 is 0. The lowest BCUT2D eigenvalue weighted by atomic mass is 10.0. The van der Waals surface area contributed by atoms with Gasteiger partial charge in [-0.25, -0.2) is 4.99 Å². The molecule has 1 aromatic carbocycles. The van der Waals surface area contributed by atoms with Crippen molar-refractivity contribution in [3.8, 4) is 11.5 Å². The number of guanidine groups is 1. The fourth-order valence-corrected chi connectivity index (χ4v) is 3.06. The summed E-state index contributed by atoms with van der Waals surface area (Å²) in [5.74, 6) is 3.29. The minimum atomic E-state index is 0. The molecule has 1 saturated heterocycles. The van der Waals surface area contributed by atoms with Crippen molar-refractivity contribution in [1.82, 2.24) is 10.2 Å². The number of benzene rings is 1. The van der Waals surface area contributed by atoms with Gasteiger partial charge in [0.1, 0.15) is 0 Å². The van der Waals surface area contributed by atoms with E-state index in [4.69, 9.17) is 14.5 Å². The molecule has 5 nitrogen and oxygen atoms in total. The Balaban J connectivity index is 0.00000312. The van der Waals surface area contributed by atoms with E-state index in [2.05, 4.69) is 24.1 Å². The molecule has 1 aromatic rings. The average molecular weight is 461 g/mol. The van der Waals surface area contributed by atoms with Gasteiger partial charge in [-0.15, -0.1) is 24.0 Å². The predicted octanol–water partition coefficient (Wildman–Crippen LogP) is 3.91. The van der Waals surface area contributed by atoms with E-state index in [0.29, 0.717) is 13.2 Å². The van der Waals surface area contributed by atoms with Crippen molar-refractivity contribution in [2.75, 3.05) is 33.4 Å². The molecule has 0 aliphatic carbocycles. The van der Waals surface area contributed by atoms with E-state index in [9.17, 15) is 0 Å². The highest BCUT2D eigenvalue weighted by molar-refractivity contribution is 14.0. The van der Waals surface area contributed by atoms with E-state index in [1.165, 1.54) is 12.8 Å². The van der Waals surface area contributed by atoms with Gasteiger partial charge in [0, 0.05) is 19.6 Å². The van der Waals surface area contributed by atoms with Gasteiger partial charge in [-0.3, -0.25) is 0 Å². The van der Waals surface area contributed by atoms with Gasteiger partial charge in [0.15, 0.2) is 17.5 Å².